The van der Waals surface area contributed by atoms with Crippen molar-refractivity contribution in [2.24, 2.45) is 0 Å². The lowest BCUT2D eigenvalue weighted by Crippen LogP contribution is -2.16. The molecule has 0 aliphatic rings. The van der Waals surface area contributed by atoms with Gasteiger partial charge >= 0.3 is 0 Å². The highest BCUT2D eigenvalue weighted by atomic mass is 16.3. The molecule has 0 atom stereocenters. The molecule has 0 bridgehead atoms. The summed E-state index contributed by atoms with van der Waals surface area (Å²) in [5.41, 5.74) is -0.551. The van der Waals surface area contributed by atoms with Crippen molar-refractivity contribution in [2.75, 3.05) is 0 Å². The van der Waals surface area contributed by atoms with E-state index in [0.717, 1.165) is 12.8 Å². The average molecular weight is 141 g/mol. The van der Waals surface area contributed by atoms with Gasteiger partial charge in [-0.3, -0.25) is 0 Å². The van der Waals surface area contributed by atoms with Gasteiger partial charge in [0.25, 0.3) is 0 Å². The van der Waals surface area contributed by atoms with Gasteiger partial charge in [0.2, 0.25) is 0 Å². The van der Waals surface area contributed by atoms with Crippen LogP contribution in [0.3, 0.4) is 0 Å². The van der Waals surface area contributed by atoms with Crippen LogP contribution in [0.4, 0.5) is 0 Å². The maximum Gasteiger partial charge on any atom is 0.0626 e. The van der Waals surface area contributed by atoms with E-state index in [1.807, 2.05) is 26.8 Å². The standard InChI is InChI=1S/C9H17O/c1-4-5-6-7-8-9(2,3)10/h4,6-7,10H,5,8H2,1-3H3. The summed E-state index contributed by atoms with van der Waals surface area (Å²) in [6.45, 7) is 5.65. The van der Waals surface area contributed by atoms with Crippen molar-refractivity contribution in [1.82, 2.24) is 0 Å². The van der Waals surface area contributed by atoms with E-state index in [-0.39, 0.29) is 0 Å². The molecular weight excluding hydrogens is 124 g/mol. The van der Waals surface area contributed by atoms with E-state index < -0.39 is 5.60 Å². The van der Waals surface area contributed by atoms with Crippen LogP contribution >= 0.6 is 0 Å². The highest BCUT2D eigenvalue weighted by Crippen LogP contribution is 2.07. The number of hydrogen-bond donors (Lipinski definition) is 1. The Bertz CT molecular complexity index is 97.8. The molecule has 0 saturated heterocycles. The van der Waals surface area contributed by atoms with E-state index in [4.69, 9.17) is 0 Å². The molecule has 0 saturated carbocycles. The van der Waals surface area contributed by atoms with Gasteiger partial charge in [-0.15, -0.1) is 0 Å². The van der Waals surface area contributed by atoms with Crippen LogP contribution < -0.4 is 0 Å². The van der Waals surface area contributed by atoms with E-state index in [9.17, 15) is 5.11 Å². The molecular formula is C9H17O. The van der Waals surface area contributed by atoms with Gasteiger partial charge in [-0.1, -0.05) is 19.1 Å². The molecule has 1 N–H and O–H groups in total. The molecule has 1 nitrogen and oxygen atoms in total. The molecule has 10 heavy (non-hydrogen) atoms. The van der Waals surface area contributed by atoms with Crippen LogP contribution in [0.5, 0.6) is 0 Å². The molecule has 0 aromatic carbocycles. The van der Waals surface area contributed by atoms with Crippen LogP contribution in [0, 0.1) is 6.42 Å². The monoisotopic (exact) mass is 141 g/mol. The molecule has 0 aliphatic carbocycles. The smallest absolute Gasteiger partial charge is 0.0626 e. The number of aliphatic hydroxyl groups is 1. The topological polar surface area (TPSA) is 20.2 Å². The first-order valence-electron chi connectivity index (χ1n) is 3.71. The van der Waals surface area contributed by atoms with Crippen LogP contribution in [0.15, 0.2) is 12.2 Å². The summed E-state index contributed by atoms with van der Waals surface area (Å²) >= 11 is 0. The second kappa shape index (κ2) is 4.51. The average Bonchev–Trinajstić information content (AvgIpc) is 1.78. The van der Waals surface area contributed by atoms with Gasteiger partial charge < -0.3 is 5.11 Å². The van der Waals surface area contributed by atoms with Gasteiger partial charge in [0.1, 0.15) is 0 Å². The summed E-state index contributed by atoms with van der Waals surface area (Å²) in [5.74, 6) is 0. The molecule has 0 fully saturated rings. The van der Waals surface area contributed by atoms with Gasteiger partial charge in [0.15, 0.2) is 0 Å². The third kappa shape index (κ3) is 7.70. The second-order valence-corrected chi connectivity index (χ2v) is 3.13. The summed E-state index contributed by atoms with van der Waals surface area (Å²) in [5, 5.41) is 9.26. The predicted octanol–water partition coefficient (Wildman–Crippen LogP) is 2.32. The highest BCUT2D eigenvalue weighted by Gasteiger charge is 2.07. The largest absolute Gasteiger partial charge is 0.390 e. The minimum Gasteiger partial charge on any atom is -0.390 e. The van der Waals surface area contributed by atoms with Crippen LogP contribution in [-0.4, -0.2) is 10.7 Å². The molecule has 0 heterocycles. The summed E-state index contributed by atoms with van der Waals surface area (Å²) in [7, 11) is 0. The molecule has 0 aromatic heterocycles. The van der Waals surface area contributed by atoms with E-state index in [1.165, 1.54) is 0 Å². The first-order valence-corrected chi connectivity index (χ1v) is 3.71. The molecule has 1 heteroatoms. The maximum atomic E-state index is 9.26. The van der Waals surface area contributed by atoms with Crippen molar-refractivity contribution < 1.29 is 5.11 Å². The molecule has 0 spiro atoms. The molecule has 0 amide bonds. The highest BCUT2D eigenvalue weighted by molar-refractivity contribution is 4.89. The molecule has 59 valence electrons. The third-order valence-electron chi connectivity index (χ3n) is 1.16. The fraction of sp³-hybridized carbons (Fsp3) is 0.667. The lowest BCUT2D eigenvalue weighted by atomic mass is 10.1. The van der Waals surface area contributed by atoms with Crippen molar-refractivity contribution in [3.05, 3.63) is 18.6 Å². The van der Waals surface area contributed by atoms with Crippen LogP contribution in [0.1, 0.15) is 33.6 Å². The molecule has 0 aromatic rings. The molecule has 0 aliphatic heterocycles. The lowest BCUT2D eigenvalue weighted by Gasteiger charge is -2.13. The van der Waals surface area contributed by atoms with Gasteiger partial charge in [0, 0.05) is 0 Å². The molecule has 0 unspecified atom stereocenters. The Morgan fingerprint density at radius 3 is 2.30 bits per heavy atom. The van der Waals surface area contributed by atoms with Gasteiger partial charge in [-0.25, -0.2) is 0 Å². The summed E-state index contributed by atoms with van der Waals surface area (Å²) in [6, 6.07) is 0. The fourth-order valence-electron chi connectivity index (χ4n) is 0.604. The van der Waals surface area contributed by atoms with Crippen molar-refractivity contribution in [2.45, 2.75) is 39.2 Å². The van der Waals surface area contributed by atoms with Crippen LogP contribution in [-0.2, 0) is 0 Å². The zero-order chi connectivity index (χ0) is 8.04. The van der Waals surface area contributed by atoms with Gasteiger partial charge in [-0.05, 0) is 33.1 Å². The van der Waals surface area contributed by atoms with Crippen molar-refractivity contribution in [3.8, 4) is 0 Å². The number of unbranched alkanes of at least 4 members (excludes halogenated alkanes) is 1. The Kier molecular flexibility index (Phi) is 4.37. The molecule has 0 rings (SSSR count). The summed E-state index contributed by atoms with van der Waals surface area (Å²) in [4.78, 5) is 0. The Morgan fingerprint density at radius 1 is 1.30 bits per heavy atom. The Morgan fingerprint density at radius 2 is 1.90 bits per heavy atom. The van der Waals surface area contributed by atoms with Crippen LogP contribution in [0.25, 0.3) is 0 Å². The lowest BCUT2D eigenvalue weighted by molar-refractivity contribution is 0.0838. The Hall–Kier alpha value is -0.300. The van der Waals surface area contributed by atoms with Gasteiger partial charge in [0.05, 0.1) is 5.60 Å². The van der Waals surface area contributed by atoms with E-state index in [2.05, 4.69) is 12.5 Å². The van der Waals surface area contributed by atoms with Crippen molar-refractivity contribution in [1.29, 1.82) is 0 Å². The minimum absolute atomic E-state index is 0.551. The quantitative estimate of drug-likeness (QED) is 0.596. The number of rotatable bonds is 4. The zero-order valence-electron chi connectivity index (χ0n) is 7.09. The first-order chi connectivity index (χ1) is 4.56. The Balaban J connectivity index is 3.34. The summed E-state index contributed by atoms with van der Waals surface area (Å²) in [6.07, 6.45) is 7.90. The maximum absolute atomic E-state index is 9.26. The zero-order valence-corrected chi connectivity index (χ0v) is 7.09. The predicted molar refractivity (Wildman–Crippen MR) is 44.6 cm³/mol. The number of allylic oxidation sites excluding steroid dienone is 1. The molecule has 1 radical (unpaired) electrons. The third-order valence-corrected chi connectivity index (χ3v) is 1.16. The minimum atomic E-state index is -0.551. The normalized spacial score (nSPS) is 12.8. The SMILES string of the molecule is C[CH]CC=CCC(C)(C)O. The van der Waals surface area contributed by atoms with E-state index in [0.29, 0.717) is 0 Å². The Labute approximate surface area is 63.8 Å². The summed E-state index contributed by atoms with van der Waals surface area (Å²) < 4.78 is 0. The van der Waals surface area contributed by atoms with Crippen molar-refractivity contribution >= 4 is 0 Å². The second-order valence-electron chi connectivity index (χ2n) is 3.13. The van der Waals surface area contributed by atoms with Gasteiger partial charge in [-0.2, -0.15) is 0 Å². The van der Waals surface area contributed by atoms with Crippen molar-refractivity contribution in [3.63, 3.8) is 0 Å². The first kappa shape index (κ1) is 9.70. The van der Waals surface area contributed by atoms with E-state index >= 15 is 0 Å². The van der Waals surface area contributed by atoms with E-state index in [1.54, 1.807) is 0 Å². The van der Waals surface area contributed by atoms with Crippen LogP contribution in [0.2, 0.25) is 0 Å². The number of hydrogen-bond acceptors (Lipinski definition) is 1. The fourth-order valence-corrected chi connectivity index (χ4v) is 0.604.